The molecule has 1 aromatic heterocycles. The van der Waals surface area contributed by atoms with E-state index >= 15 is 0 Å². The smallest absolute Gasteiger partial charge is 0.408 e. The lowest BCUT2D eigenvalue weighted by Gasteiger charge is -2.21. The Morgan fingerprint density at radius 2 is 2.21 bits per heavy atom. The third-order valence-electron chi connectivity index (χ3n) is 3.27. The van der Waals surface area contributed by atoms with Crippen molar-refractivity contribution in [2.24, 2.45) is 0 Å². The van der Waals surface area contributed by atoms with E-state index < -0.39 is 11.7 Å². The molecule has 5 heteroatoms. The molecule has 0 saturated carbocycles. The number of nitrogens with one attached hydrogen (secondary N) is 2. The summed E-state index contributed by atoms with van der Waals surface area (Å²) in [4.78, 5) is 19.6. The topological polar surface area (TPSA) is 67.0 Å². The van der Waals surface area contributed by atoms with Gasteiger partial charge in [0.25, 0.3) is 0 Å². The van der Waals surface area contributed by atoms with Crippen LogP contribution in [0, 0.1) is 0 Å². The Balaban J connectivity index is 1.99. The van der Waals surface area contributed by atoms with Gasteiger partial charge >= 0.3 is 6.09 Å². The van der Waals surface area contributed by atoms with Gasteiger partial charge in [0.15, 0.2) is 0 Å². The highest BCUT2D eigenvalue weighted by molar-refractivity contribution is 5.68. The minimum Gasteiger partial charge on any atom is -0.444 e. The molecule has 2 atom stereocenters. The van der Waals surface area contributed by atoms with E-state index in [2.05, 4.69) is 22.2 Å². The molecule has 106 valence electrons. The first-order valence-corrected chi connectivity index (χ1v) is 6.84. The van der Waals surface area contributed by atoms with Gasteiger partial charge < -0.3 is 15.0 Å². The summed E-state index contributed by atoms with van der Waals surface area (Å²) < 4.78 is 5.24. The summed E-state index contributed by atoms with van der Waals surface area (Å²) in [5.41, 5.74) is 1.87. The van der Waals surface area contributed by atoms with E-state index in [1.54, 1.807) is 0 Å². The zero-order chi connectivity index (χ0) is 14.2. The van der Waals surface area contributed by atoms with Crippen molar-refractivity contribution < 1.29 is 9.53 Å². The van der Waals surface area contributed by atoms with Gasteiger partial charge in [-0.2, -0.15) is 0 Å². The molecule has 2 rings (SSSR count). The first kappa shape index (κ1) is 13.9. The molecule has 0 saturated heterocycles. The van der Waals surface area contributed by atoms with Crippen molar-refractivity contribution in [2.45, 2.75) is 65.0 Å². The highest BCUT2D eigenvalue weighted by atomic mass is 16.6. The number of rotatable bonds is 2. The average Bonchev–Trinajstić information content (AvgIpc) is 2.78. The molecule has 0 bridgehead atoms. The van der Waals surface area contributed by atoms with E-state index in [1.807, 2.05) is 27.7 Å². The number of nitrogens with zero attached hydrogens (tertiary/aromatic N) is 1. The largest absolute Gasteiger partial charge is 0.444 e. The molecule has 1 aliphatic rings. The normalized spacial score (nSPS) is 19.9. The molecule has 1 amide bonds. The van der Waals surface area contributed by atoms with Crippen molar-refractivity contribution >= 4 is 6.09 Å². The van der Waals surface area contributed by atoms with Gasteiger partial charge in [-0.25, -0.2) is 9.78 Å². The van der Waals surface area contributed by atoms with E-state index in [0.29, 0.717) is 5.92 Å². The van der Waals surface area contributed by atoms with Crippen LogP contribution in [0.25, 0.3) is 0 Å². The molecular formula is C14H23N3O2. The van der Waals surface area contributed by atoms with Gasteiger partial charge in [-0.1, -0.05) is 6.92 Å². The second-order valence-electron chi connectivity index (χ2n) is 6.29. The number of carbonyl (C=O) groups excluding carboxylic acids is 1. The number of ether oxygens (including phenoxy) is 1. The molecule has 0 aromatic carbocycles. The summed E-state index contributed by atoms with van der Waals surface area (Å²) in [6, 6.07) is -0.173. The Hall–Kier alpha value is -1.52. The highest BCUT2D eigenvalue weighted by Gasteiger charge is 2.25. The van der Waals surface area contributed by atoms with Crippen LogP contribution in [0.5, 0.6) is 0 Å². The number of imidazole rings is 1. The minimum atomic E-state index is -0.483. The van der Waals surface area contributed by atoms with Gasteiger partial charge in [-0.05, 0) is 40.5 Å². The van der Waals surface area contributed by atoms with E-state index in [0.717, 1.165) is 24.4 Å². The Bertz CT molecular complexity index is 474. The Kier molecular flexibility index (Phi) is 3.56. The highest BCUT2D eigenvalue weighted by Crippen LogP contribution is 2.31. The maximum Gasteiger partial charge on any atom is 0.408 e. The lowest BCUT2D eigenvalue weighted by molar-refractivity contribution is 0.0506. The van der Waals surface area contributed by atoms with Gasteiger partial charge in [-0.15, -0.1) is 0 Å². The molecule has 1 aliphatic carbocycles. The fraction of sp³-hybridized carbons (Fsp3) is 0.714. The second kappa shape index (κ2) is 4.87. The minimum absolute atomic E-state index is 0.173. The number of fused-ring (bicyclic) bond motifs is 1. The molecule has 5 nitrogen and oxygen atoms in total. The third-order valence-corrected chi connectivity index (χ3v) is 3.27. The molecule has 0 fully saturated rings. The van der Waals surface area contributed by atoms with Crippen LogP contribution >= 0.6 is 0 Å². The van der Waals surface area contributed by atoms with Crippen LogP contribution in [0.4, 0.5) is 4.79 Å². The van der Waals surface area contributed by atoms with Crippen LogP contribution in [0.3, 0.4) is 0 Å². The third kappa shape index (κ3) is 3.28. The number of alkyl carbamates (subject to hydrolysis) is 1. The summed E-state index contributed by atoms with van der Waals surface area (Å²) in [7, 11) is 0. The van der Waals surface area contributed by atoms with Crippen molar-refractivity contribution in [3.8, 4) is 0 Å². The number of carbonyl (C=O) groups is 1. The predicted octanol–water partition coefficient (Wildman–Crippen LogP) is 3.05. The summed E-state index contributed by atoms with van der Waals surface area (Å²) in [6.45, 7) is 9.63. The fourth-order valence-corrected chi connectivity index (χ4v) is 2.30. The Morgan fingerprint density at radius 3 is 2.79 bits per heavy atom. The van der Waals surface area contributed by atoms with Crippen LogP contribution in [0.2, 0.25) is 0 Å². The van der Waals surface area contributed by atoms with Gasteiger partial charge in [0, 0.05) is 11.6 Å². The van der Waals surface area contributed by atoms with Gasteiger partial charge in [0.05, 0.1) is 11.7 Å². The lowest BCUT2D eigenvalue weighted by atomic mass is 10.1. The zero-order valence-electron chi connectivity index (χ0n) is 12.3. The number of H-pyrrole nitrogens is 1. The Labute approximate surface area is 114 Å². The summed E-state index contributed by atoms with van der Waals surface area (Å²) in [5.74, 6) is 1.32. The van der Waals surface area contributed by atoms with Gasteiger partial charge in [0.1, 0.15) is 11.4 Å². The number of aryl methyl sites for hydroxylation is 1. The zero-order valence-corrected chi connectivity index (χ0v) is 12.3. The molecule has 0 spiro atoms. The van der Waals surface area contributed by atoms with Crippen molar-refractivity contribution in [1.82, 2.24) is 15.3 Å². The van der Waals surface area contributed by atoms with Crippen LogP contribution in [0.1, 0.15) is 70.2 Å². The van der Waals surface area contributed by atoms with E-state index in [1.165, 1.54) is 5.69 Å². The number of hydrogen-bond donors (Lipinski definition) is 2. The standard InChI is InChI=1S/C14H23N3O2/c1-8-6-7-10-11(8)17-12(16-10)9(2)15-13(18)19-14(3,4)5/h8-9H,6-7H2,1-5H3,(H,15,18)(H,16,17)/t8?,9-/m1/s1. The summed E-state index contributed by atoms with van der Waals surface area (Å²) in [6.07, 6.45) is 1.79. The molecule has 1 heterocycles. The monoisotopic (exact) mass is 265 g/mol. The SMILES string of the molecule is CC1CCc2[nH]c([C@@H](C)NC(=O)OC(C)(C)C)nc21. The maximum atomic E-state index is 11.7. The average molecular weight is 265 g/mol. The summed E-state index contributed by atoms with van der Waals surface area (Å²) >= 11 is 0. The van der Waals surface area contributed by atoms with Crippen molar-refractivity contribution in [3.63, 3.8) is 0 Å². The van der Waals surface area contributed by atoms with Gasteiger partial charge in [-0.3, -0.25) is 0 Å². The lowest BCUT2D eigenvalue weighted by Crippen LogP contribution is -2.34. The maximum absolute atomic E-state index is 11.7. The van der Waals surface area contributed by atoms with E-state index in [4.69, 9.17) is 4.74 Å². The van der Waals surface area contributed by atoms with Crippen LogP contribution in [-0.2, 0) is 11.2 Å². The number of aromatic nitrogens is 2. The molecule has 2 N–H and O–H groups in total. The van der Waals surface area contributed by atoms with Crippen LogP contribution in [0.15, 0.2) is 0 Å². The molecule has 1 unspecified atom stereocenters. The molecule has 0 radical (unpaired) electrons. The quantitative estimate of drug-likeness (QED) is 0.863. The second-order valence-corrected chi connectivity index (χ2v) is 6.29. The predicted molar refractivity (Wildman–Crippen MR) is 73.1 cm³/mol. The van der Waals surface area contributed by atoms with Crippen LogP contribution < -0.4 is 5.32 Å². The van der Waals surface area contributed by atoms with Crippen molar-refractivity contribution in [2.75, 3.05) is 0 Å². The molecular weight excluding hydrogens is 242 g/mol. The molecule has 0 aliphatic heterocycles. The van der Waals surface area contributed by atoms with E-state index in [-0.39, 0.29) is 6.04 Å². The first-order chi connectivity index (χ1) is 8.76. The molecule has 19 heavy (non-hydrogen) atoms. The van der Waals surface area contributed by atoms with Crippen LogP contribution in [-0.4, -0.2) is 21.7 Å². The first-order valence-electron chi connectivity index (χ1n) is 6.84. The molecule has 1 aromatic rings. The summed E-state index contributed by atoms with van der Waals surface area (Å²) in [5, 5.41) is 2.80. The van der Waals surface area contributed by atoms with Crippen molar-refractivity contribution in [3.05, 3.63) is 17.2 Å². The van der Waals surface area contributed by atoms with E-state index in [9.17, 15) is 4.79 Å². The number of amides is 1. The van der Waals surface area contributed by atoms with Crippen molar-refractivity contribution in [1.29, 1.82) is 0 Å². The number of hydrogen-bond acceptors (Lipinski definition) is 3. The Morgan fingerprint density at radius 1 is 1.53 bits per heavy atom. The fourth-order valence-electron chi connectivity index (χ4n) is 2.30. The number of aromatic amines is 1. The van der Waals surface area contributed by atoms with Gasteiger partial charge in [0.2, 0.25) is 0 Å².